The quantitative estimate of drug-likeness (QED) is 0.353. The summed E-state index contributed by atoms with van der Waals surface area (Å²) in [6.07, 6.45) is 0. The minimum atomic E-state index is -0.650. The summed E-state index contributed by atoms with van der Waals surface area (Å²) >= 11 is 0. The van der Waals surface area contributed by atoms with Gasteiger partial charge >= 0.3 is 5.97 Å². The molecule has 3 aliphatic rings. The number of anilines is 1. The first-order valence-electron chi connectivity index (χ1n) is 14.0. The molecule has 9 nitrogen and oxygen atoms in total. The molecule has 1 fully saturated rings. The van der Waals surface area contributed by atoms with E-state index in [1.807, 2.05) is 53.4 Å². The topological polar surface area (TPSA) is 101 Å². The van der Waals surface area contributed by atoms with Gasteiger partial charge < -0.3 is 19.7 Å². The minimum absolute atomic E-state index is 0.111. The number of amides is 2. The van der Waals surface area contributed by atoms with Gasteiger partial charge in [-0.2, -0.15) is 0 Å². The number of rotatable bonds is 7. The largest absolute Gasteiger partial charge is 0.462 e. The highest BCUT2D eigenvalue weighted by Gasteiger charge is 2.36. The molecule has 3 aliphatic heterocycles. The lowest BCUT2D eigenvalue weighted by molar-refractivity contribution is -0.134. The zero-order chi connectivity index (χ0) is 28.3. The van der Waals surface area contributed by atoms with E-state index in [-0.39, 0.29) is 18.4 Å². The number of aliphatic imine (C=N–C) groups is 1. The summed E-state index contributed by atoms with van der Waals surface area (Å²) in [5, 5.41) is 2.93. The van der Waals surface area contributed by atoms with Crippen LogP contribution in [0.2, 0.25) is 0 Å². The summed E-state index contributed by atoms with van der Waals surface area (Å²) in [4.78, 5) is 47.7. The van der Waals surface area contributed by atoms with E-state index < -0.39 is 11.9 Å². The van der Waals surface area contributed by atoms with Crippen LogP contribution in [0.3, 0.4) is 0 Å². The van der Waals surface area contributed by atoms with Crippen molar-refractivity contribution in [1.29, 1.82) is 0 Å². The lowest BCUT2D eigenvalue weighted by Gasteiger charge is -2.27. The third-order valence-electron chi connectivity index (χ3n) is 7.72. The monoisotopic (exact) mass is 552 g/mol. The van der Waals surface area contributed by atoms with Crippen LogP contribution in [0.1, 0.15) is 45.5 Å². The molecule has 0 aliphatic carbocycles. The zero-order valence-electron chi connectivity index (χ0n) is 23.0. The Labute approximate surface area is 238 Å². The van der Waals surface area contributed by atoms with Crippen molar-refractivity contribution in [2.24, 2.45) is 4.99 Å². The minimum Gasteiger partial charge on any atom is -0.462 e. The fourth-order valence-electron chi connectivity index (χ4n) is 5.60. The second-order valence-electron chi connectivity index (χ2n) is 10.4. The Morgan fingerprint density at radius 2 is 1.76 bits per heavy atom. The number of benzene rings is 3. The molecule has 0 bridgehead atoms. The normalized spacial score (nSPS) is 18.6. The summed E-state index contributed by atoms with van der Waals surface area (Å²) in [6.45, 7) is 6.41. The molecule has 0 radical (unpaired) electrons. The van der Waals surface area contributed by atoms with Crippen molar-refractivity contribution < 1.29 is 23.9 Å². The molecule has 3 aromatic rings. The molecule has 0 saturated carbocycles. The molecule has 1 N–H and O–H groups in total. The van der Waals surface area contributed by atoms with Gasteiger partial charge in [-0.1, -0.05) is 42.5 Å². The first kappa shape index (κ1) is 26.9. The predicted molar refractivity (Wildman–Crippen MR) is 154 cm³/mol. The maximum Gasteiger partial charge on any atom is 0.338 e. The van der Waals surface area contributed by atoms with Crippen LogP contribution in [0.4, 0.5) is 11.4 Å². The lowest BCUT2D eigenvalue weighted by atomic mass is 9.90. The Morgan fingerprint density at radius 3 is 2.54 bits per heavy atom. The van der Waals surface area contributed by atoms with Gasteiger partial charge in [-0.3, -0.25) is 19.5 Å². The number of nitrogens with one attached hydrogen (secondary N) is 1. The number of fused-ring (bicyclic) bond motifs is 2. The van der Waals surface area contributed by atoms with Crippen molar-refractivity contribution in [1.82, 2.24) is 9.80 Å². The number of hydrogen-bond donors (Lipinski definition) is 1. The van der Waals surface area contributed by atoms with E-state index in [1.54, 1.807) is 25.1 Å². The first-order chi connectivity index (χ1) is 20.0. The van der Waals surface area contributed by atoms with Gasteiger partial charge in [-0.25, -0.2) is 4.79 Å². The van der Waals surface area contributed by atoms with Crippen molar-refractivity contribution in [3.05, 3.63) is 94.5 Å². The van der Waals surface area contributed by atoms with Gasteiger partial charge in [0.15, 0.2) is 0 Å². The van der Waals surface area contributed by atoms with Crippen molar-refractivity contribution in [2.75, 3.05) is 44.8 Å². The standard InChI is InChI=1S/C32H32N4O5/c1-2-41-32(39)22-9-11-26-27(17-22)34-31(38)29(26)30(21-6-4-3-5-7-21)33-25-10-8-23-18-36(19-24(23)16-25)28(37)20-35-12-14-40-15-13-35/h3-11,16-17,29H,2,12-15,18-20H2,1H3,(H,34,38). The van der Waals surface area contributed by atoms with E-state index >= 15 is 0 Å². The molecule has 3 aromatic carbocycles. The van der Waals surface area contributed by atoms with Crippen LogP contribution in [0.5, 0.6) is 0 Å². The number of ether oxygens (including phenoxy) is 2. The molecule has 3 heterocycles. The highest BCUT2D eigenvalue weighted by molar-refractivity contribution is 6.24. The van der Waals surface area contributed by atoms with E-state index in [0.717, 1.165) is 41.0 Å². The van der Waals surface area contributed by atoms with Gasteiger partial charge in [0, 0.05) is 31.9 Å². The molecule has 1 unspecified atom stereocenters. The van der Waals surface area contributed by atoms with Gasteiger partial charge in [0.2, 0.25) is 11.8 Å². The van der Waals surface area contributed by atoms with Crippen LogP contribution in [-0.2, 0) is 32.2 Å². The van der Waals surface area contributed by atoms with E-state index in [2.05, 4.69) is 10.2 Å². The molecule has 41 heavy (non-hydrogen) atoms. The molecule has 2 amide bonds. The fourth-order valence-corrected chi connectivity index (χ4v) is 5.60. The zero-order valence-corrected chi connectivity index (χ0v) is 23.0. The van der Waals surface area contributed by atoms with E-state index in [0.29, 0.717) is 49.8 Å². The van der Waals surface area contributed by atoms with Gasteiger partial charge in [0.1, 0.15) is 5.92 Å². The average Bonchev–Trinajstić information content (AvgIpc) is 3.56. The van der Waals surface area contributed by atoms with Crippen molar-refractivity contribution in [2.45, 2.75) is 25.9 Å². The van der Waals surface area contributed by atoms with E-state index in [1.165, 1.54) is 0 Å². The summed E-state index contributed by atoms with van der Waals surface area (Å²) in [5.41, 5.74) is 6.05. The summed E-state index contributed by atoms with van der Waals surface area (Å²) < 4.78 is 10.5. The third kappa shape index (κ3) is 5.64. The van der Waals surface area contributed by atoms with Gasteiger partial charge in [0.05, 0.1) is 43.3 Å². The van der Waals surface area contributed by atoms with E-state index in [9.17, 15) is 14.4 Å². The molecule has 210 valence electrons. The number of hydrogen-bond acceptors (Lipinski definition) is 7. The summed E-state index contributed by atoms with van der Waals surface area (Å²) in [5.74, 6) is -1.17. The summed E-state index contributed by atoms with van der Waals surface area (Å²) in [7, 11) is 0. The highest BCUT2D eigenvalue weighted by atomic mass is 16.5. The molecule has 1 atom stereocenters. The van der Waals surface area contributed by atoms with Crippen LogP contribution in [-0.4, -0.2) is 72.8 Å². The van der Waals surface area contributed by atoms with Crippen LogP contribution >= 0.6 is 0 Å². The molecule has 0 spiro atoms. The SMILES string of the molecule is CCOC(=O)c1ccc2c(c1)NC(=O)C2C(=Nc1ccc2c(c1)CN(C(=O)CN1CCOCC1)C2)c1ccccc1. The molecule has 0 aromatic heterocycles. The van der Waals surface area contributed by atoms with Crippen LogP contribution in [0.15, 0.2) is 71.7 Å². The third-order valence-corrected chi connectivity index (χ3v) is 7.72. The van der Waals surface area contributed by atoms with Crippen LogP contribution in [0.25, 0.3) is 0 Å². The number of carbonyl (C=O) groups is 3. The highest BCUT2D eigenvalue weighted by Crippen LogP contribution is 2.37. The maximum absolute atomic E-state index is 13.3. The number of carbonyl (C=O) groups excluding carboxylic acids is 3. The predicted octanol–water partition coefficient (Wildman–Crippen LogP) is 3.89. The van der Waals surface area contributed by atoms with Crippen LogP contribution in [0, 0.1) is 0 Å². The Balaban J connectivity index is 1.28. The molecule has 1 saturated heterocycles. The average molecular weight is 553 g/mol. The number of nitrogens with zero attached hydrogens (tertiary/aromatic N) is 3. The molecule has 6 rings (SSSR count). The smallest absolute Gasteiger partial charge is 0.338 e. The Morgan fingerprint density at radius 1 is 0.976 bits per heavy atom. The Bertz CT molecular complexity index is 1510. The van der Waals surface area contributed by atoms with Gasteiger partial charge in [0.25, 0.3) is 0 Å². The Hall–Kier alpha value is -4.34. The second-order valence-corrected chi connectivity index (χ2v) is 10.4. The molecule has 9 heteroatoms. The van der Waals surface area contributed by atoms with Crippen molar-refractivity contribution >= 4 is 34.9 Å². The number of esters is 1. The second kappa shape index (κ2) is 11.6. The maximum atomic E-state index is 13.3. The van der Waals surface area contributed by atoms with Crippen LogP contribution < -0.4 is 5.32 Å². The van der Waals surface area contributed by atoms with Gasteiger partial charge in [-0.05, 0) is 53.4 Å². The fraction of sp³-hybridized carbons (Fsp3) is 0.312. The molecular weight excluding hydrogens is 520 g/mol. The first-order valence-corrected chi connectivity index (χ1v) is 14.0. The van der Waals surface area contributed by atoms with E-state index in [4.69, 9.17) is 14.5 Å². The van der Waals surface area contributed by atoms with Gasteiger partial charge in [-0.15, -0.1) is 0 Å². The summed E-state index contributed by atoms with van der Waals surface area (Å²) in [6, 6.07) is 20.8. The number of morpholine rings is 1. The van der Waals surface area contributed by atoms with Crippen molar-refractivity contribution in [3.8, 4) is 0 Å². The van der Waals surface area contributed by atoms with Crippen molar-refractivity contribution in [3.63, 3.8) is 0 Å². The lowest BCUT2D eigenvalue weighted by Crippen LogP contribution is -2.43. The molecular formula is C32H32N4O5. The Kier molecular flexibility index (Phi) is 7.63.